The molecule has 0 aromatic heterocycles. The van der Waals surface area contributed by atoms with Crippen LogP contribution in [0.5, 0.6) is 0 Å². The van der Waals surface area contributed by atoms with Crippen LogP contribution >= 0.6 is 0 Å². The molecular formula is C53H48N2. The molecular weight excluding hydrogens is 665 g/mol. The van der Waals surface area contributed by atoms with Crippen LogP contribution in [0, 0.1) is 0 Å². The molecule has 0 spiro atoms. The van der Waals surface area contributed by atoms with Crippen molar-refractivity contribution in [3.05, 3.63) is 208 Å². The Morgan fingerprint density at radius 1 is 0.491 bits per heavy atom. The van der Waals surface area contributed by atoms with Crippen molar-refractivity contribution in [2.75, 3.05) is 10.2 Å². The molecule has 7 aromatic rings. The lowest BCUT2D eigenvalue weighted by atomic mass is 9.72. The maximum atomic E-state index is 3.71. The summed E-state index contributed by atoms with van der Waals surface area (Å²) in [5.74, 6) is 0. The van der Waals surface area contributed by atoms with E-state index in [1.807, 2.05) is 0 Å². The van der Waals surface area contributed by atoms with E-state index in [2.05, 4.69) is 228 Å². The highest BCUT2D eigenvalue weighted by molar-refractivity contribution is 5.92. The molecule has 270 valence electrons. The third-order valence-electron chi connectivity index (χ3n) is 12.3. The topological polar surface area (TPSA) is 15.3 Å². The van der Waals surface area contributed by atoms with E-state index in [0.717, 1.165) is 11.4 Å². The Balaban J connectivity index is 1.10. The van der Waals surface area contributed by atoms with Crippen molar-refractivity contribution in [1.29, 1.82) is 0 Å². The Labute approximate surface area is 326 Å². The van der Waals surface area contributed by atoms with Crippen molar-refractivity contribution in [3.63, 3.8) is 0 Å². The van der Waals surface area contributed by atoms with Gasteiger partial charge in [0, 0.05) is 33.3 Å². The van der Waals surface area contributed by atoms with Crippen LogP contribution in [-0.2, 0) is 16.2 Å². The molecule has 2 aliphatic rings. The van der Waals surface area contributed by atoms with Gasteiger partial charge in [0.2, 0.25) is 0 Å². The summed E-state index contributed by atoms with van der Waals surface area (Å²) in [4.78, 5) is 2.47. The van der Waals surface area contributed by atoms with Gasteiger partial charge in [0.15, 0.2) is 0 Å². The Bertz CT molecular complexity index is 2580. The zero-order valence-electron chi connectivity index (χ0n) is 32.7. The first kappa shape index (κ1) is 34.6. The van der Waals surface area contributed by atoms with Crippen molar-refractivity contribution < 1.29 is 0 Å². The van der Waals surface area contributed by atoms with E-state index in [9.17, 15) is 0 Å². The molecule has 2 nitrogen and oxygen atoms in total. The van der Waals surface area contributed by atoms with Gasteiger partial charge >= 0.3 is 0 Å². The largest absolute Gasteiger partial charge is 0.355 e. The van der Waals surface area contributed by atoms with E-state index in [4.69, 9.17) is 0 Å². The lowest BCUT2D eigenvalue weighted by molar-refractivity contribution is 0.627. The van der Waals surface area contributed by atoms with Gasteiger partial charge in [-0.3, -0.25) is 0 Å². The van der Waals surface area contributed by atoms with E-state index in [-0.39, 0.29) is 16.2 Å². The molecule has 9 rings (SSSR count). The second-order valence-electron chi connectivity index (χ2n) is 16.8. The van der Waals surface area contributed by atoms with E-state index < -0.39 is 0 Å². The van der Waals surface area contributed by atoms with Gasteiger partial charge in [0.1, 0.15) is 0 Å². The minimum atomic E-state index is -0.212. The summed E-state index contributed by atoms with van der Waals surface area (Å²) >= 11 is 0. The van der Waals surface area contributed by atoms with Crippen LogP contribution in [0.2, 0.25) is 0 Å². The van der Waals surface area contributed by atoms with Crippen molar-refractivity contribution in [1.82, 2.24) is 0 Å². The van der Waals surface area contributed by atoms with Gasteiger partial charge in [0.25, 0.3) is 0 Å². The van der Waals surface area contributed by atoms with Crippen LogP contribution in [0.1, 0.15) is 86.1 Å². The Hall–Kier alpha value is -6.12. The van der Waals surface area contributed by atoms with Gasteiger partial charge < -0.3 is 10.2 Å². The summed E-state index contributed by atoms with van der Waals surface area (Å²) in [7, 11) is 0. The van der Waals surface area contributed by atoms with Gasteiger partial charge in [-0.25, -0.2) is 0 Å². The molecule has 2 heteroatoms. The summed E-state index contributed by atoms with van der Waals surface area (Å²) in [5, 5.41) is 3.71. The molecule has 1 aliphatic heterocycles. The van der Waals surface area contributed by atoms with Gasteiger partial charge in [0.05, 0.1) is 11.4 Å². The second-order valence-corrected chi connectivity index (χ2v) is 16.8. The molecule has 55 heavy (non-hydrogen) atoms. The molecule has 7 aromatic carbocycles. The van der Waals surface area contributed by atoms with Gasteiger partial charge in [-0.05, 0) is 110 Å². The molecule has 0 unspecified atom stereocenters. The molecule has 0 bridgehead atoms. The quantitative estimate of drug-likeness (QED) is 0.166. The van der Waals surface area contributed by atoms with Crippen molar-refractivity contribution in [3.8, 4) is 11.1 Å². The van der Waals surface area contributed by atoms with Gasteiger partial charge in [-0.1, -0.05) is 163 Å². The predicted molar refractivity (Wildman–Crippen MR) is 234 cm³/mol. The van der Waals surface area contributed by atoms with Crippen molar-refractivity contribution in [2.24, 2.45) is 0 Å². The van der Waals surface area contributed by atoms with E-state index in [1.54, 1.807) is 0 Å². The summed E-state index contributed by atoms with van der Waals surface area (Å²) in [6, 6.07) is 59.9. The maximum Gasteiger partial charge on any atom is 0.0506 e. The van der Waals surface area contributed by atoms with Crippen LogP contribution in [0.15, 0.2) is 164 Å². The molecule has 0 saturated carbocycles. The zero-order valence-corrected chi connectivity index (χ0v) is 32.7. The fourth-order valence-corrected chi connectivity index (χ4v) is 9.07. The standard InChI is InChI=1S/C53H48N2/c1-51(2,38-18-10-7-11-19-38)46-33-37(29-31-48(46)54-39-20-12-8-13-21-39)27-26-36-28-30-41-42-34-47-50(35-45(42)53(5,6)44(41)32-36)55(40-22-14-9-15-23-40)49-25-17-16-24-43(49)52(47,3)4/h7-35,54H,1-6H3/b27-26+. The average molecular weight is 713 g/mol. The molecule has 1 heterocycles. The number of nitrogens with zero attached hydrogens (tertiary/aromatic N) is 1. The van der Waals surface area contributed by atoms with E-state index in [1.165, 1.54) is 72.7 Å². The first-order valence-corrected chi connectivity index (χ1v) is 19.5. The molecule has 0 fully saturated rings. The molecule has 1 N–H and O–H groups in total. The molecule has 0 radical (unpaired) electrons. The summed E-state index contributed by atoms with van der Waals surface area (Å²) in [5.41, 5.74) is 18.5. The first-order chi connectivity index (χ1) is 26.5. The third kappa shape index (κ3) is 5.79. The van der Waals surface area contributed by atoms with Crippen molar-refractivity contribution in [2.45, 2.75) is 57.8 Å². The summed E-state index contributed by atoms with van der Waals surface area (Å²) in [6.45, 7) is 14.2. The molecule has 0 amide bonds. The number of benzene rings is 7. The molecule has 0 atom stereocenters. The van der Waals surface area contributed by atoms with Gasteiger partial charge in [-0.15, -0.1) is 0 Å². The average Bonchev–Trinajstić information content (AvgIpc) is 3.42. The second kappa shape index (κ2) is 13.0. The summed E-state index contributed by atoms with van der Waals surface area (Å²) < 4.78 is 0. The SMILES string of the molecule is CC(C)(c1ccccc1)c1cc(/C=C/c2ccc3c(c2)C(C)(C)c2cc4c(cc2-3)C(C)(C)c2ccccc2N4c2ccccc2)ccc1Nc1ccccc1. The highest BCUT2D eigenvalue weighted by Gasteiger charge is 2.42. The van der Waals surface area contributed by atoms with E-state index >= 15 is 0 Å². The predicted octanol–water partition coefficient (Wildman–Crippen LogP) is 14.3. The first-order valence-electron chi connectivity index (χ1n) is 19.5. The highest BCUT2D eigenvalue weighted by Crippen LogP contribution is 2.57. The molecule has 0 saturated heterocycles. The van der Waals surface area contributed by atoms with Crippen LogP contribution in [-0.4, -0.2) is 0 Å². The van der Waals surface area contributed by atoms with Crippen LogP contribution in [0.3, 0.4) is 0 Å². The van der Waals surface area contributed by atoms with Crippen LogP contribution < -0.4 is 10.2 Å². The fourth-order valence-electron chi connectivity index (χ4n) is 9.07. The van der Waals surface area contributed by atoms with Crippen molar-refractivity contribution >= 4 is 40.6 Å². The number of fused-ring (bicyclic) bond motifs is 5. The lowest BCUT2D eigenvalue weighted by Crippen LogP contribution is -2.31. The normalized spacial score (nSPS) is 14.9. The lowest BCUT2D eigenvalue weighted by Gasteiger charge is -2.42. The highest BCUT2D eigenvalue weighted by atomic mass is 15.2. The monoisotopic (exact) mass is 712 g/mol. The third-order valence-corrected chi connectivity index (χ3v) is 12.3. The number of anilines is 5. The zero-order chi connectivity index (χ0) is 38.0. The molecule has 1 aliphatic carbocycles. The Morgan fingerprint density at radius 3 is 1.80 bits per heavy atom. The minimum absolute atomic E-state index is 0.151. The van der Waals surface area contributed by atoms with Gasteiger partial charge in [-0.2, -0.15) is 0 Å². The summed E-state index contributed by atoms with van der Waals surface area (Å²) in [6.07, 6.45) is 4.55. The Kier molecular flexibility index (Phi) is 8.20. The Morgan fingerprint density at radius 2 is 1.07 bits per heavy atom. The van der Waals surface area contributed by atoms with E-state index in [0.29, 0.717) is 0 Å². The van der Waals surface area contributed by atoms with Crippen LogP contribution in [0.25, 0.3) is 23.3 Å². The number of nitrogens with one attached hydrogen (secondary N) is 1. The number of hydrogen-bond donors (Lipinski definition) is 1. The number of rotatable bonds is 7. The number of hydrogen-bond acceptors (Lipinski definition) is 2. The fraction of sp³-hybridized carbons (Fsp3) is 0.170. The minimum Gasteiger partial charge on any atom is -0.355 e. The number of para-hydroxylation sites is 3. The smallest absolute Gasteiger partial charge is 0.0506 e. The van der Waals surface area contributed by atoms with Crippen LogP contribution in [0.4, 0.5) is 28.4 Å². The maximum absolute atomic E-state index is 3.71.